The molecule has 1 aliphatic heterocycles. The summed E-state index contributed by atoms with van der Waals surface area (Å²) < 4.78 is 40.8. The molecule has 0 atom stereocenters. The van der Waals surface area contributed by atoms with Crippen molar-refractivity contribution in [1.29, 1.82) is 0 Å². The van der Waals surface area contributed by atoms with Crippen molar-refractivity contribution in [3.63, 3.8) is 0 Å². The number of rotatable bonds is 2. The number of hydrogen-bond donors (Lipinski definition) is 1. The van der Waals surface area contributed by atoms with Crippen LogP contribution in [-0.4, -0.2) is 32.4 Å². The largest absolute Gasteiger partial charge is 0.476 e. The quantitative estimate of drug-likeness (QED) is 0.725. The van der Waals surface area contributed by atoms with Gasteiger partial charge >= 0.3 is 12.1 Å². The van der Waals surface area contributed by atoms with Crippen LogP contribution in [0.25, 0.3) is 10.9 Å². The molecule has 3 heterocycles. The molecule has 0 spiro atoms. The molecule has 0 amide bonds. The summed E-state index contributed by atoms with van der Waals surface area (Å²) in [5.41, 5.74) is 2.36. The van der Waals surface area contributed by atoms with Crippen molar-refractivity contribution in [3.05, 3.63) is 52.5 Å². The fourth-order valence-corrected chi connectivity index (χ4v) is 3.75. The minimum atomic E-state index is -4.44. The van der Waals surface area contributed by atoms with Crippen molar-refractivity contribution < 1.29 is 23.1 Å². The van der Waals surface area contributed by atoms with Crippen LogP contribution in [0.1, 0.15) is 33.0 Å². The van der Waals surface area contributed by atoms with Crippen molar-refractivity contribution in [2.24, 2.45) is 7.05 Å². The Labute approximate surface area is 158 Å². The van der Waals surface area contributed by atoms with Gasteiger partial charge in [-0.2, -0.15) is 18.3 Å². The second-order valence-corrected chi connectivity index (χ2v) is 6.89. The Morgan fingerprint density at radius 1 is 1.25 bits per heavy atom. The fraction of sp³-hybridized carbons (Fsp3) is 0.316. The van der Waals surface area contributed by atoms with Crippen LogP contribution >= 0.6 is 0 Å². The summed E-state index contributed by atoms with van der Waals surface area (Å²) in [5, 5.41) is 14.1. The molecular formula is C19H17F3N4O2. The lowest BCUT2D eigenvalue weighted by Crippen LogP contribution is -2.31. The van der Waals surface area contributed by atoms with Gasteiger partial charge < -0.3 is 10.0 Å². The van der Waals surface area contributed by atoms with E-state index in [1.54, 1.807) is 18.7 Å². The van der Waals surface area contributed by atoms with Crippen LogP contribution in [0.4, 0.5) is 18.9 Å². The Bertz CT molecular complexity index is 1100. The molecule has 1 aromatic carbocycles. The van der Waals surface area contributed by atoms with Gasteiger partial charge in [0.15, 0.2) is 5.69 Å². The van der Waals surface area contributed by atoms with Crippen LogP contribution in [-0.2, 0) is 26.2 Å². The Hall–Kier alpha value is -3.10. The first kappa shape index (κ1) is 18.3. The van der Waals surface area contributed by atoms with E-state index in [1.165, 1.54) is 6.07 Å². The zero-order valence-electron chi connectivity index (χ0n) is 15.2. The molecule has 0 radical (unpaired) electrons. The number of carboxylic acid groups (broad SMARTS) is 1. The van der Waals surface area contributed by atoms with Gasteiger partial charge in [0.05, 0.1) is 11.1 Å². The number of aryl methyl sites for hydroxylation is 2. The van der Waals surface area contributed by atoms with E-state index in [-0.39, 0.29) is 11.2 Å². The van der Waals surface area contributed by atoms with Crippen molar-refractivity contribution >= 4 is 22.6 Å². The van der Waals surface area contributed by atoms with E-state index in [0.29, 0.717) is 36.2 Å². The van der Waals surface area contributed by atoms with E-state index in [0.717, 1.165) is 23.5 Å². The number of aromatic nitrogens is 3. The highest BCUT2D eigenvalue weighted by Crippen LogP contribution is 2.36. The van der Waals surface area contributed by atoms with E-state index >= 15 is 0 Å². The summed E-state index contributed by atoms with van der Waals surface area (Å²) >= 11 is 0. The molecule has 0 fully saturated rings. The molecule has 146 valence electrons. The lowest BCUT2D eigenvalue weighted by Gasteiger charge is -2.30. The fourth-order valence-electron chi connectivity index (χ4n) is 3.75. The van der Waals surface area contributed by atoms with Crippen LogP contribution < -0.4 is 4.90 Å². The zero-order valence-corrected chi connectivity index (χ0v) is 15.2. The first-order chi connectivity index (χ1) is 13.1. The first-order valence-corrected chi connectivity index (χ1v) is 8.66. The number of alkyl halides is 3. The number of carbonyl (C=O) groups is 1. The highest BCUT2D eigenvalue weighted by Gasteiger charge is 2.32. The SMILES string of the molecule is Cc1cc(N2CCc3c(c(C(=O)O)nn3C)C2)c2ccc(C(F)(F)F)cc2n1. The maximum Gasteiger partial charge on any atom is 0.416 e. The number of aromatic carboxylic acids is 1. The third-order valence-corrected chi connectivity index (χ3v) is 5.03. The van der Waals surface area contributed by atoms with Crippen LogP contribution in [0.5, 0.6) is 0 Å². The summed E-state index contributed by atoms with van der Waals surface area (Å²) in [6.45, 7) is 2.65. The van der Waals surface area contributed by atoms with Gasteiger partial charge in [-0.3, -0.25) is 9.67 Å². The number of benzene rings is 1. The number of anilines is 1. The van der Waals surface area contributed by atoms with Crippen molar-refractivity contribution in [3.8, 4) is 0 Å². The van der Waals surface area contributed by atoms with Crippen LogP contribution in [0, 0.1) is 6.92 Å². The molecule has 0 saturated carbocycles. The Balaban J connectivity index is 1.81. The van der Waals surface area contributed by atoms with Crippen molar-refractivity contribution in [2.75, 3.05) is 11.4 Å². The topological polar surface area (TPSA) is 71.2 Å². The smallest absolute Gasteiger partial charge is 0.416 e. The van der Waals surface area contributed by atoms with Gasteiger partial charge in [-0.1, -0.05) is 6.07 Å². The number of halogens is 3. The molecule has 28 heavy (non-hydrogen) atoms. The van der Waals surface area contributed by atoms with Crippen molar-refractivity contribution in [2.45, 2.75) is 26.1 Å². The maximum atomic E-state index is 13.1. The van der Waals surface area contributed by atoms with Crippen LogP contribution in [0.15, 0.2) is 24.3 Å². The first-order valence-electron chi connectivity index (χ1n) is 8.66. The third-order valence-electron chi connectivity index (χ3n) is 5.03. The minimum absolute atomic E-state index is 0.0108. The summed E-state index contributed by atoms with van der Waals surface area (Å²) in [7, 11) is 1.71. The van der Waals surface area contributed by atoms with E-state index < -0.39 is 17.7 Å². The predicted octanol–water partition coefficient (Wildman–Crippen LogP) is 3.56. The summed E-state index contributed by atoms with van der Waals surface area (Å²) in [6, 6.07) is 5.34. The number of nitrogens with zero attached hydrogens (tertiary/aromatic N) is 4. The van der Waals surface area contributed by atoms with Crippen LogP contribution in [0.2, 0.25) is 0 Å². The lowest BCUT2D eigenvalue weighted by atomic mass is 10.0. The van der Waals surface area contributed by atoms with Gasteiger partial charge in [-0.15, -0.1) is 0 Å². The minimum Gasteiger partial charge on any atom is -0.476 e. The van der Waals surface area contributed by atoms with Gasteiger partial charge in [0.1, 0.15) is 0 Å². The standard InChI is InChI=1S/C19H17F3N4O2/c1-10-7-16(12-4-3-11(19(20,21)22)8-14(12)23-10)26-6-5-15-13(9-26)17(18(27)28)24-25(15)2/h3-4,7-8H,5-6,9H2,1-2H3,(H,27,28). The van der Waals surface area contributed by atoms with Gasteiger partial charge in [0, 0.05) is 54.6 Å². The molecule has 6 nitrogen and oxygen atoms in total. The van der Waals surface area contributed by atoms with Crippen LogP contribution in [0.3, 0.4) is 0 Å². The summed E-state index contributed by atoms with van der Waals surface area (Å²) in [4.78, 5) is 17.8. The van der Waals surface area contributed by atoms with E-state index in [1.807, 2.05) is 11.0 Å². The summed E-state index contributed by atoms with van der Waals surface area (Å²) in [6.07, 6.45) is -3.85. The molecule has 3 aromatic rings. The van der Waals surface area contributed by atoms with Crippen molar-refractivity contribution in [1.82, 2.24) is 14.8 Å². The lowest BCUT2D eigenvalue weighted by molar-refractivity contribution is -0.137. The van der Waals surface area contributed by atoms with Gasteiger partial charge in [0.2, 0.25) is 0 Å². The predicted molar refractivity (Wildman–Crippen MR) is 96.4 cm³/mol. The van der Waals surface area contributed by atoms with E-state index in [4.69, 9.17) is 0 Å². The Morgan fingerprint density at radius 3 is 2.68 bits per heavy atom. The monoisotopic (exact) mass is 390 g/mol. The average molecular weight is 390 g/mol. The van der Waals surface area contributed by atoms with Gasteiger partial charge in [-0.25, -0.2) is 4.79 Å². The maximum absolute atomic E-state index is 13.1. The number of hydrogen-bond acceptors (Lipinski definition) is 4. The highest BCUT2D eigenvalue weighted by atomic mass is 19.4. The number of carboxylic acids is 1. The Kier molecular flexibility index (Phi) is 4.06. The number of pyridine rings is 1. The van der Waals surface area contributed by atoms with E-state index in [9.17, 15) is 23.1 Å². The molecule has 1 N–H and O–H groups in total. The van der Waals surface area contributed by atoms with Gasteiger partial charge in [0.25, 0.3) is 0 Å². The molecule has 4 rings (SSSR count). The highest BCUT2D eigenvalue weighted by molar-refractivity contribution is 5.93. The molecule has 1 aliphatic rings. The molecule has 9 heteroatoms. The van der Waals surface area contributed by atoms with E-state index in [2.05, 4.69) is 10.1 Å². The molecular weight excluding hydrogens is 373 g/mol. The summed E-state index contributed by atoms with van der Waals surface area (Å²) in [5.74, 6) is -1.09. The molecule has 0 aliphatic carbocycles. The number of fused-ring (bicyclic) bond motifs is 2. The molecule has 0 unspecified atom stereocenters. The second-order valence-electron chi connectivity index (χ2n) is 6.89. The normalized spacial score (nSPS) is 14.4. The molecule has 0 bridgehead atoms. The third kappa shape index (κ3) is 2.96. The average Bonchev–Trinajstić information content (AvgIpc) is 2.96. The zero-order chi connectivity index (χ0) is 20.2. The van der Waals surface area contributed by atoms with Gasteiger partial charge in [-0.05, 0) is 25.1 Å². The Morgan fingerprint density at radius 2 is 2.00 bits per heavy atom. The molecule has 0 saturated heterocycles. The second kappa shape index (κ2) is 6.22. The molecule has 2 aromatic heterocycles.